The standard InChI is InChI=1S/C14H20FN3/c15-14-6-5-12(10-17-16)13(9-14)11-18-7-3-1-2-4-8-18/h5-6,9-10H,1-4,7-8,11,16H2. The van der Waals surface area contributed by atoms with Crippen LogP contribution in [0.4, 0.5) is 4.39 Å². The maximum absolute atomic E-state index is 13.3. The van der Waals surface area contributed by atoms with Gasteiger partial charge in [-0.3, -0.25) is 4.90 Å². The Hall–Kier alpha value is -1.42. The molecule has 98 valence electrons. The summed E-state index contributed by atoms with van der Waals surface area (Å²) >= 11 is 0. The van der Waals surface area contributed by atoms with E-state index in [1.54, 1.807) is 18.3 Å². The fourth-order valence-electron chi connectivity index (χ4n) is 2.45. The summed E-state index contributed by atoms with van der Waals surface area (Å²) in [6.45, 7) is 2.96. The SMILES string of the molecule is NN=Cc1ccc(F)cc1CN1CCCCCC1. The largest absolute Gasteiger partial charge is 0.323 e. The van der Waals surface area contributed by atoms with Crippen LogP contribution in [-0.4, -0.2) is 24.2 Å². The summed E-state index contributed by atoms with van der Waals surface area (Å²) in [5.41, 5.74) is 1.87. The Morgan fingerprint density at radius 2 is 1.94 bits per heavy atom. The van der Waals surface area contributed by atoms with E-state index < -0.39 is 0 Å². The summed E-state index contributed by atoms with van der Waals surface area (Å²) in [4.78, 5) is 2.38. The number of hydrogen-bond acceptors (Lipinski definition) is 3. The average Bonchev–Trinajstić information content (AvgIpc) is 2.61. The van der Waals surface area contributed by atoms with Gasteiger partial charge in [0.15, 0.2) is 0 Å². The zero-order valence-electron chi connectivity index (χ0n) is 10.6. The van der Waals surface area contributed by atoms with E-state index in [0.717, 1.165) is 30.8 Å². The number of hydrazone groups is 1. The maximum Gasteiger partial charge on any atom is 0.123 e. The van der Waals surface area contributed by atoms with Crippen molar-refractivity contribution in [2.75, 3.05) is 13.1 Å². The molecule has 0 aromatic heterocycles. The molecule has 1 aliphatic heterocycles. The third kappa shape index (κ3) is 3.53. The highest BCUT2D eigenvalue weighted by molar-refractivity contribution is 5.81. The van der Waals surface area contributed by atoms with Gasteiger partial charge in [0.05, 0.1) is 6.21 Å². The molecule has 0 bridgehead atoms. The van der Waals surface area contributed by atoms with Gasteiger partial charge in [0, 0.05) is 6.54 Å². The Morgan fingerprint density at radius 1 is 1.22 bits per heavy atom. The minimum atomic E-state index is -0.200. The molecule has 18 heavy (non-hydrogen) atoms. The molecule has 3 nitrogen and oxygen atoms in total. The van der Waals surface area contributed by atoms with Crippen LogP contribution in [0.3, 0.4) is 0 Å². The van der Waals surface area contributed by atoms with Crippen molar-refractivity contribution in [2.45, 2.75) is 32.2 Å². The summed E-state index contributed by atoms with van der Waals surface area (Å²) in [6, 6.07) is 4.77. The fraction of sp³-hybridized carbons (Fsp3) is 0.500. The van der Waals surface area contributed by atoms with Gasteiger partial charge in [0.25, 0.3) is 0 Å². The smallest absolute Gasteiger partial charge is 0.123 e. The zero-order chi connectivity index (χ0) is 12.8. The minimum Gasteiger partial charge on any atom is -0.323 e. The number of benzene rings is 1. The van der Waals surface area contributed by atoms with Crippen LogP contribution in [0.25, 0.3) is 0 Å². The molecule has 0 unspecified atom stereocenters. The predicted octanol–water partition coefficient (Wildman–Crippen LogP) is 2.49. The van der Waals surface area contributed by atoms with Gasteiger partial charge in [0.2, 0.25) is 0 Å². The van der Waals surface area contributed by atoms with Gasteiger partial charge < -0.3 is 5.84 Å². The van der Waals surface area contributed by atoms with E-state index in [1.165, 1.54) is 31.7 Å². The molecular formula is C14H20FN3. The van der Waals surface area contributed by atoms with E-state index in [4.69, 9.17) is 5.84 Å². The van der Waals surface area contributed by atoms with E-state index in [2.05, 4.69) is 10.0 Å². The Bertz CT molecular complexity index is 410. The first kappa shape index (κ1) is 13.0. The second-order valence-corrected chi connectivity index (χ2v) is 4.81. The molecule has 0 saturated carbocycles. The van der Waals surface area contributed by atoms with E-state index >= 15 is 0 Å². The lowest BCUT2D eigenvalue weighted by molar-refractivity contribution is 0.276. The third-order valence-corrected chi connectivity index (χ3v) is 3.41. The minimum absolute atomic E-state index is 0.200. The molecule has 1 aromatic carbocycles. The van der Waals surface area contributed by atoms with Crippen LogP contribution in [-0.2, 0) is 6.54 Å². The molecule has 0 atom stereocenters. The Balaban J connectivity index is 2.13. The van der Waals surface area contributed by atoms with Gasteiger partial charge in [-0.15, -0.1) is 0 Å². The lowest BCUT2D eigenvalue weighted by Crippen LogP contribution is -2.24. The van der Waals surface area contributed by atoms with Crippen LogP contribution in [0.2, 0.25) is 0 Å². The number of rotatable bonds is 3. The van der Waals surface area contributed by atoms with Crippen molar-refractivity contribution in [3.63, 3.8) is 0 Å². The summed E-state index contributed by atoms with van der Waals surface area (Å²) in [7, 11) is 0. The summed E-state index contributed by atoms with van der Waals surface area (Å²) in [5, 5.41) is 3.54. The average molecular weight is 249 g/mol. The normalized spacial score (nSPS) is 18.1. The fourth-order valence-corrected chi connectivity index (χ4v) is 2.45. The first-order valence-electron chi connectivity index (χ1n) is 6.53. The topological polar surface area (TPSA) is 41.6 Å². The molecule has 0 aliphatic carbocycles. The number of likely N-dealkylation sites (tertiary alicyclic amines) is 1. The molecule has 0 amide bonds. The summed E-state index contributed by atoms with van der Waals surface area (Å²) in [6.07, 6.45) is 6.66. The van der Waals surface area contributed by atoms with Crippen molar-refractivity contribution >= 4 is 6.21 Å². The first-order chi connectivity index (χ1) is 8.79. The van der Waals surface area contributed by atoms with Gasteiger partial charge in [-0.05, 0) is 49.2 Å². The zero-order valence-corrected chi connectivity index (χ0v) is 10.6. The molecule has 2 N–H and O–H groups in total. The highest BCUT2D eigenvalue weighted by atomic mass is 19.1. The predicted molar refractivity (Wildman–Crippen MR) is 71.9 cm³/mol. The number of hydrogen-bond donors (Lipinski definition) is 1. The van der Waals surface area contributed by atoms with Crippen LogP contribution in [0.15, 0.2) is 23.3 Å². The van der Waals surface area contributed by atoms with Gasteiger partial charge in [-0.25, -0.2) is 4.39 Å². The summed E-state index contributed by atoms with van der Waals surface area (Å²) < 4.78 is 13.3. The monoisotopic (exact) mass is 249 g/mol. The molecule has 1 heterocycles. The number of halogens is 1. The lowest BCUT2D eigenvalue weighted by Gasteiger charge is -2.20. The molecule has 2 rings (SSSR count). The number of nitrogens with zero attached hydrogens (tertiary/aromatic N) is 2. The Labute approximate surface area is 107 Å². The van der Waals surface area contributed by atoms with Crippen LogP contribution >= 0.6 is 0 Å². The van der Waals surface area contributed by atoms with E-state index in [9.17, 15) is 4.39 Å². The molecule has 1 aliphatic rings. The van der Waals surface area contributed by atoms with Crippen LogP contribution in [0.1, 0.15) is 36.8 Å². The number of nitrogens with two attached hydrogens (primary N) is 1. The van der Waals surface area contributed by atoms with E-state index in [0.29, 0.717) is 0 Å². The van der Waals surface area contributed by atoms with Gasteiger partial charge >= 0.3 is 0 Å². The van der Waals surface area contributed by atoms with Crippen molar-refractivity contribution in [3.8, 4) is 0 Å². The second-order valence-electron chi connectivity index (χ2n) is 4.81. The van der Waals surface area contributed by atoms with Gasteiger partial charge in [-0.2, -0.15) is 5.10 Å². The van der Waals surface area contributed by atoms with Gasteiger partial charge in [0.1, 0.15) is 5.82 Å². The van der Waals surface area contributed by atoms with Gasteiger partial charge in [-0.1, -0.05) is 18.9 Å². The summed E-state index contributed by atoms with van der Waals surface area (Å²) in [5.74, 6) is 4.99. The van der Waals surface area contributed by atoms with Crippen molar-refractivity contribution in [1.29, 1.82) is 0 Å². The van der Waals surface area contributed by atoms with Crippen molar-refractivity contribution in [3.05, 3.63) is 35.1 Å². The first-order valence-corrected chi connectivity index (χ1v) is 6.53. The van der Waals surface area contributed by atoms with Crippen molar-refractivity contribution in [2.24, 2.45) is 10.9 Å². The van der Waals surface area contributed by atoms with Crippen molar-refractivity contribution in [1.82, 2.24) is 4.90 Å². The van der Waals surface area contributed by atoms with Crippen molar-refractivity contribution < 1.29 is 4.39 Å². The maximum atomic E-state index is 13.3. The quantitative estimate of drug-likeness (QED) is 0.508. The molecule has 1 aromatic rings. The van der Waals surface area contributed by atoms with E-state index in [-0.39, 0.29) is 5.82 Å². The molecule has 1 fully saturated rings. The molecule has 4 heteroatoms. The molecule has 0 spiro atoms. The van der Waals surface area contributed by atoms with E-state index in [1.807, 2.05) is 0 Å². The highest BCUT2D eigenvalue weighted by Crippen LogP contribution is 2.16. The van der Waals surface area contributed by atoms with Crippen LogP contribution < -0.4 is 5.84 Å². The Kier molecular flexibility index (Phi) is 4.70. The molecule has 0 radical (unpaired) electrons. The van der Waals surface area contributed by atoms with Crippen LogP contribution in [0.5, 0.6) is 0 Å². The Morgan fingerprint density at radius 3 is 2.61 bits per heavy atom. The molecular weight excluding hydrogens is 229 g/mol. The van der Waals surface area contributed by atoms with Crippen LogP contribution in [0, 0.1) is 5.82 Å². The highest BCUT2D eigenvalue weighted by Gasteiger charge is 2.11. The lowest BCUT2D eigenvalue weighted by atomic mass is 10.1. The third-order valence-electron chi connectivity index (χ3n) is 3.41. The molecule has 1 saturated heterocycles. The second kappa shape index (κ2) is 6.50.